The van der Waals surface area contributed by atoms with Crippen LogP contribution in [0.2, 0.25) is 5.02 Å². The Balaban J connectivity index is 1.39. The third-order valence-corrected chi connectivity index (χ3v) is 5.23. The van der Waals surface area contributed by atoms with Crippen molar-refractivity contribution in [2.45, 2.75) is 26.3 Å². The van der Waals surface area contributed by atoms with Crippen molar-refractivity contribution in [2.24, 2.45) is 5.92 Å². The second-order valence-corrected chi connectivity index (χ2v) is 7.43. The molecule has 0 bridgehead atoms. The number of hydrogen-bond donors (Lipinski definition) is 2. The van der Waals surface area contributed by atoms with Crippen molar-refractivity contribution in [1.82, 2.24) is 10.2 Å². The number of anilines is 1. The number of hydrogen-bond acceptors (Lipinski definition) is 2. The van der Waals surface area contributed by atoms with Gasteiger partial charge in [0.25, 0.3) is 0 Å². The van der Waals surface area contributed by atoms with E-state index >= 15 is 0 Å². The standard InChI is InChI=1S/C21H26ClN3O/c1-16-5-2-3-6-18(16)15-25-11-9-17(10-12-25)14-23-21(26)24-20-8-4-7-19(22)13-20/h2-8,13,17H,9-12,14-15H2,1H3,(H2,23,24,26). The van der Waals surface area contributed by atoms with Crippen LogP contribution in [0, 0.1) is 12.8 Å². The normalized spacial score (nSPS) is 15.6. The number of benzene rings is 2. The quantitative estimate of drug-likeness (QED) is 0.801. The first-order chi connectivity index (χ1) is 12.6. The number of likely N-dealkylation sites (tertiary alicyclic amines) is 1. The predicted molar refractivity (Wildman–Crippen MR) is 108 cm³/mol. The van der Waals surface area contributed by atoms with E-state index in [4.69, 9.17) is 11.6 Å². The molecule has 2 amide bonds. The first-order valence-corrected chi connectivity index (χ1v) is 9.55. The first kappa shape index (κ1) is 18.7. The summed E-state index contributed by atoms with van der Waals surface area (Å²) in [4.78, 5) is 14.5. The predicted octanol–water partition coefficient (Wildman–Crippen LogP) is 4.68. The fraction of sp³-hybridized carbons (Fsp3) is 0.381. The van der Waals surface area contributed by atoms with E-state index in [0.717, 1.165) is 32.5 Å². The van der Waals surface area contributed by atoms with E-state index in [1.165, 1.54) is 11.1 Å². The van der Waals surface area contributed by atoms with Gasteiger partial charge in [0.2, 0.25) is 0 Å². The minimum absolute atomic E-state index is 0.172. The number of aryl methyl sites for hydroxylation is 1. The van der Waals surface area contributed by atoms with Gasteiger partial charge in [0.05, 0.1) is 0 Å². The van der Waals surface area contributed by atoms with Crippen LogP contribution in [-0.2, 0) is 6.54 Å². The van der Waals surface area contributed by atoms with Gasteiger partial charge in [0.15, 0.2) is 0 Å². The van der Waals surface area contributed by atoms with Gasteiger partial charge in [0.1, 0.15) is 0 Å². The number of piperidine rings is 1. The number of nitrogens with one attached hydrogen (secondary N) is 2. The second-order valence-electron chi connectivity index (χ2n) is 6.99. The maximum absolute atomic E-state index is 12.0. The van der Waals surface area contributed by atoms with Crippen LogP contribution < -0.4 is 10.6 Å². The minimum atomic E-state index is -0.172. The van der Waals surface area contributed by atoms with Crippen molar-refractivity contribution in [2.75, 3.05) is 25.0 Å². The maximum Gasteiger partial charge on any atom is 0.319 e. The summed E-state index contributed by atoms with van der Waals surface area (Å²) < 4.78 is 0. The van der Waals surface area contributed by atoms with Crippen LogP contribution >= 0.6 is 11.6 Å². The molecule has 1 aliphatic heterocycles. The molecule has 2 aromatic carbocycles. The van der Waals surface area contributed by atoms with Crippen molar-refractivity contribution >= 4 is 23.3 Å². The topological polar surface area (TPSA) is 44.4 Å². The zero-order valence-corrected chi connectivity index (χ0v) is 15.9. The summed E-state index contributed by atoms with van der Waals surface area (Å²) in [6.07, 6.45) is 2.23. The van der Waals surface area contributed by atoms with Gasteiger partial charge < -0.3 is 10.6 Å². The molecule has 2 N–H and O–H groups in total. The zero-order chi connectivity index (χ0) is 18.4. The summed E-state index contributed by atoms with van der Waals surface area (Å²) in [5.41, 5.74) is 3.47. The lowest BCUT2D eigenvalue weighted by Crippen LogP contribution is -2.39. The fourth-order valence-corrected chi connectivity index (χ4v) is 3.55. The molecule has 0 saturated carbocycles. The molecule has 1 heterocycles. The SMILES string of the molecule is Cc1ccccc1CN1CCC(CNC(=O)Nc2cccc(Cl)c2)CC1. The molecule has 4 nitrogen and oxygen atoms in total. The minimum Gasteiger partial charge on any atom is -0.338 e. The van der Waals surface area contributed by atoms with E-state index in [1.807, 2.05) is 12.1 Å². The molecule has 0 aromatic heterocycles. The van der Waals surface area contributed by atoms with Crippen molar-refractivity contribution in [3.05, 3.63) is 64.7 Å². The number of carbonyl (C=O) groups is 1. The van der Waals surface area contributed by atoms with Crippen molar-refractivity contribution in [3.63, 3.8) is 0 Å². The van der Waals surface area contributed by atoms with Crippen molar-refractivity contribution < 1.29 is 4.79 Å². The van der Waals surface area contributed by atoms with Gasteiger partial charge in [-0.25, -0.2) is 4.79 Å². The van der Waals surface area contributed by atoms with E-state index in [2.05, 4.69) is 46.7 Å². The Morgan fingerprint density at radius 3 is 2.65 bits per heavy atom. The third kappa shape index (κ3) is 5.48. The summed E-state index contributed by atoms with van der Waals surface area (Å²) in [5, 5.41) is 6.42. The highest BCUT2D eigenvalue weighted by Gasteiger charge is 2.20. The molecule has 0 atom stereocenters. The number of urea groups is 1. The number of nitrogens with zero attached hydrogens (tertiary/aromatic N) is 1. The van der Waals surface area contributed by atoms with Gasteiger partial charge in [-0.05, 0) is 68.1 Å². The van der Waals surface area contributed by atoms with Gasteiger partial charge in [-0.2, -0.15) is 0 Å². The van der Waals surface area contributed by atoms with Crippen LogP contribution in [-0.4, -0.2) is 30.6 Å². The summed E-state index contributed by atoms with van der Waals surface area (Å²) in [6, 6.07) is 15.6. The fourth-order valence-electron chi connectivity index (χ4n) is 3.36. The van der Waals surface area contributed by atoms with E-state index in [1.54, 1.807) is 12.1 Å². The average Bonchev–Trinajstić information content (AvgIpc) is 2.63. The number of carbonyl (C=O) groups excluding carboxylic acids is 1. The molecule has 1 saturated heterocycles. The summed E-state index contributed by atoms with van der Waals surface area (Å²) in [6.45, 7) is 6.06. The van der Waals surface area contributed by atoms with Gasteiger partial charge >= 0.3 is 6.03 Å². The molecule has 0 spiro atoms. The van der Waals surface area contributed by atoms with E-state index < -0.39 is 0 Å². The molecule has 3 rings (SSSR count). The smallest absolute Gasteiger partial charge is 0.319 e. The Morgan fingerprint density at radius 1 is 1.15 bits per heavy atom. The van der Waals surface area contributed by atoms with Crippen molar-refractivity contribution in [1.29, 1.82) is 0 Å². The molecule has 5 heteroatoms. The van der Waals surface area contributed by atoms with Crippen LogP contribution in [0.3, 0.4) is 0 Å². The van der Waals surface area contributed by atoms with Gasteiger partial charge in [-0.15, -0.1) is 0 Å². The molecule has 0 unspecified atom stereocenters. The molecule has 0 radical (unpaired) electrons. The lowest BCUT2D eigenvalue weighted by molar-refractivity contribution is 0.175. The molecule has 26 heavy (non-hydrogen) atoms. The van der Waals surface area contributed by atoms with Gasteiger partial charge in [0, 0.05) is 23.8 Å². The Hall–Kier alpha value is -2.04. The van der Waals surface area contributed by atoms with E-state index in [-0.39, 0.29) is 6.03 Å². The average molecular weight is 372 g/mol. The molecule has 0 aliphatic carbocycles. The maximum atomic E-state index is 12.0. The van der Waals surface area contributed by atoms with Crippen LogP contribution in [0.15, 0.2) is 48.5 Å². The molecule has 138 valence electrons. The monoisotopic (exact) mass is 371 g/mol. The summed E-state index contributed by atoms with van der Waals surface area (Å²) in [7, 11) is 0. The number of amides is 2. The Kier molecular flexibility index (Phi) is 6.53. The van der Waals surface area contributed by atoms with Gasteiger partial charge in [-0.1, -0.05) is 41.9 Å². The van der Waals surface area contributed by atoms with Crippen LogP contribution in [0.1, 0.15) is 24.0 Å². The van der Waals surface area contributed by atoms with Crippen LogP contribution in [0.5, 0.6) is 0 Å². The van der Waals surface area contributed by atoms with E-state index in [9.17, 15) is 4.79 Å². The summed E-state index contributed by atoms with van der Waals surface area (Å²) in [5.74, 6) is 0.535. The highest BCUT2D eigenvalue weighted by molar-refractivity contribution is 6.30. The molecule has 1 aliphatic rings. The van der Waals surface area contributed by atoms with Crippen molar-refractivity contribution in [3.8, 4) is 0 Å². The number of halogens is 1. The summed E-state index contributed by atoms with van der Waals surface area (Å²) >= 11 is 5.93. The Labute approximate surface area is 160 Å². The zero-order valence-electron chi connectivity index (χ0n) is 15.2. The lowest BCUT2D eigenvalue weighted by atomic mass is 9.96. The van der Waals surface area contributed by atoms with Gasteiger partial charge in [-0.3, -0.25) is 4.90 Å². The Bertz CT molecular complexity index is 742. The molecule has 2 aromatic rings. The lowest BCUT2D eigenvalue weighted by Gasteiger charge is -2.32. The molecular formula is C21H26ClN3O. The van der Waals surface area contributed by atoms with E-state index in [0.29, 0.717) is 23.2 Å². The third-order valence-electron chi connectivity index (χ3n) is 5.00. The highest BCUT2D eigenvalue weighted by atomic mass is 35.5. The first-order valence-electron chi connectivity index (χ1n) is 9.17. The van der Waals surface area contributed by atoms with Crippen LogP contribution in [0.4, 0.5) is 10.5 Å². The molecular weight excluding hydrogens is 346 g/mol. The highest BCUT2D eigenvalue weighted by Crippen LogP contribution is 2.20. The van der Waals surface area contributed by atoms with Crippen LogP contribution in [0.25, 0.3) is 0 Å². The Morgan fingerprint density at radius 2 is 1.92 bits per heavy atom. The second kappa shape index (κ2) is 9.06. The largest absolute Gasteiger partial charge is 0.338 e. The number of rotatable bonds is 5. The molecule has 1 fully saturated rings.